The number of aromatic amines is 2. The third-order valence-corrected chi connectivity index (χ3v) is 5.95. The lowest BCUT2D eigenvalue weighted by Crippen LogP contribution is -2.43. The maximum Gasteiger partial charge on any atom is 0.261 e. The van der Waals surface area contributed by atoms with Gasteiger partial charge in [-0.1, -0.05) is 6.07 Å². The summed E-state index contributed by atoms with van der Waals surface area (Å²) in [5.41, 5.74) is 8.03. The molecule has 4 N–H and O–H groups in total. The molecule has 5 rings (SSSR count). The normalized spacial score (nSPS) is 14.7. The highest BCUT2D eigenvalue weighted by Crippen LogP contribution is 2.30. The van der Waals surface area contributed by atoms with E-state index in [9.17, 15) is 14.0 Å². The molecule has 1 fully saturated rings. The van der Waals surface area contributed by atoms with Crippen LogP contribution >= 0.6 is 0 Å². The third-order valence-electron chi connectivity index (χ3n) is 5.95. The number of aromatic nitrogens is 3. The van der Waals surface area contributed by atoms with Crippen molar-refractivity contribution >= 4 is 39.2 Å². The molecule has 0 saturated carbocycles. The minimum atomic E-state index is -0.527. The topological polar surface area (TPSA) is 120 Å². The lowest BCUT2D eigenvalue weighted by Gasteiger charge is -2.28. The number of nitrogens with zero attached hydrogens (tertiary/aromatic N) is 3. The molecule has 1 amide bonds. The Morgan fingerprint density at radius 3 is 2.79 bits per heavy atom. The zero-order valence-electron chi connectivity index (χ0n) is 18.0. The number of rotatable bonds is 4. The van der Waals surface area contributed by atoms with Crippen LogP contribution in [-0.2, 0) is 9.53 Å². The van der Waals surface area contributed by atoms with Gasteiger partial charge in [0, 0.05) is 25.8 Å². The summed E-state index contributed by atoms with van der Waals surface area (Å²) in [6.07, 6.45) is 0. The van der Waals surface area contributed by atoms with E-state index >= 15 is 0 Å². The number of imidazole rings is 1. The number of hydrogen-bond donors (Lipinski definition) is 3. The minimum absolute atomic E-state index is 0.0175. The summed E-state index contributed by atoms with van der Waals surface area (Å²) in [6.45, 7) is 3.01. The van der Waals surface area contributed by atoms with Crippen molar-refractivity contribution in [2.75, 3.05) is 50.5 Å². The van der Waals surface area contributed by atoms with Gasteiger partial charge in [0.2, 0.25) is 5.91 Å². The molecule has 9 nitrogen and oxygen atoms in total. The van der Waals surface area contributed by atoms with E-state index in [1.807, 2.05) is 0 Å². The van der Waals surface area contributed by atoms with Gasteiger partial charge in [-0.05, 0) is 30.3 Å². The van der Waals surface area contributed by atoms with Crippen LogP contribution in [0, 0.1) is 5.82 Å². The molecule has 0 unspecified atom stereocenters. The first kappa shape index (κ1) is 21.1. The Morgan fingerprint density at radius 1 is 1.21 bits per heavy atom. The molecule has 2 aromatic carbocycles. The maximum absolute atomic E-state index is 14.4. The molecule has 170 valence electrons. The number of nitrogens with one attached hydrogen (secondary N) is 2. The number of morpholine rings is 1. The van der Waals surface area contributed by atoms with Crippen LogP contribution in [0.3, 0.4) is 0 Å². The lowest BCUT2D eigenvalue weighted by atomic mass is 10.1. The second-order valence-corrected chi connectivity index (χ2v) is 8.03. The highest BCUT2D eigenvalue weighted by atomic mass is 19.1. The first-order chi connectivity index (χ1) is 15.9. The van der Waals surface area contributed by atoms with Gasteiger partial charge in [0.25, 0.3) is 5.56 Å². The lowest BCUT2D eigenvalue weighted by molar-refractivity contribution is -0.120. The van der Waals surface area contributed by atoms with Gasteiger partial charge in [0.1, 0.15) is 17.2 Å². The average molecular weight is 450 g/mol. The minimum Gasteiger partial charge on any atom is -0.397 e. The van der Waals surface area contributed by atoms with Crippen LogP contribution in [0.4, 0.5) is 15.8 Å². The predicted octanol–water partition coefficient (Wildman–Crippen LogP) is 2.09. The van der Waals surface area contributed by atoms with Gasteiger partial charge in [-0.25, -0.2) is 9.37 Å². The molecule has 0 bridgehead atoms. The number of pyridine rings is 1. The van der Waals surface area contributed by atoms with E-state index in [1.165, 1.54) is 12.1 Å². The molecule has 2 aromatic heterocycles. The Labute approximate surface area is 188 Å². The van der Waals surface area contributed by atoms with E-state index in [-0.39, 0.29) is 28.4 Å². The Hall–Kier alpha value is -3.76. The number of benzene rings is 2. The number of carbonyl (C=O) groups excluding carboxylic acids is 1. The molecule has 0 aliphatic carbocycles. The van der Waals surface area contributed by atoms with Gasteiger partial charge in [0.05, 0.1) is 47.4 Å². The summed E-state index contributed by atoms with van der Waals surface area (Å²) in [7, 11) is 1.72. The third kappa shape index (κ3) is 3.83. The standard InChI is InChI=1S/C23H23FN6O3/c1-29(18(31)12-30-7-9-33-10-8-30)13-5-6-15-17(11-13)27-22(26-15)20-21(25)19-14(24)3-2-4-16(19)28-23(20)32/h2-6,11H,7-10,12H2,1H3,(H,26,27)(H3,25,28,32). The number of nitrogens with two attached hydrogens (primary N) is 1. The second-order valence-electron chi connectivity index (χ2n) is 8.03. The predicted molar refractivity (Wildman–Crippen MR) is 125 cm³/mol. The molecule has 1 aliphatic rings. The van der Waals surface area contributed by atoms with Crippen LogP contribution < -0.4 is 16.2 Å². The summed E-state index contributed by atoms with van der Waals surface area (Å²) >= 11 is 0. The van der Waals surface area contributed by atoms with Crippen LogP contribution in [-0.4, -0.2) is 65.7 Å². The summed E-state index contributed by atoms with van der Waals surface area (Å²) < 4.78 is 19.7. The molecule has 10 heteroatoms. The van der Waals surface area contributed by atoms with Gasteiger partial charge in [0.15, 0.2) is 0 Å². The molecular formula is C23H23FN6O3. The van der Waals surface area contributed by atoms with E-state index in [2.05, 4.69) is 19.9 Å². The molecule has 33 heavy (non-hydrogen) atoms. The van der Waals surface area contributed by atoms with Crippen molar-refractivity contribution in [2.24, 2.45) is 0 Å². The number of ether oxygens (including phenoxy) is 1. The number of fused-ring (bicyclic) bond motifs is 2. The van der Waals surface area contributed by atoms with Crippen LogP contribution in [0.25, 0.3) is 33.3 Å². The number of nitrogen functional groups attached to an aromatic ring is 1. The van der Waals surface area contributed by atoms with Crippen molar-refractivity contribution in [2.45, 2.75) is 0 Å². The molecule has 4 aromatic rings. The van der Waals surface area contributed by atoms with E-state index in [4.69, 9.17) is 10.5 Å². The van der Waals surface area contributed by atoms with Crippen molar-refractivity contribution in [1.29, 1.82) is 0 Å². The molecular weight excluding hydrogens is 427 g/mol. The first-order valence-corrected chi connectivity index (χ1v) is 10.6. The van der Waals surface area contributed by atoms with Crippen LogP contribution in [0.15, 0.2) is 41.2 Å². The van der Waals surface area contributed by atoms with E-state index in [0.717, 1.165) is 13.1 Å². The van der Waals surface area contributed by atoms with Crippen molar-refractivity contribution in [3.05, 3.63) is 52.6 Å². The zero-order valence-corrected chi connectivity index (χ0v) is 18.0. The highest BCUT2D eigenvalue weighted by molar-refractivity contribution is 5.99. The van der Waals surface area contributed by atoms with Crippen molar-refractivity contribution in [3.63, 3.8) is 0 Å². The van der Waals surface area contributed by atoms with Gasteiger partial charge in [-0.15, -0.1) is 0 Å². The van der Waals surface area contributed by atoms with E-state index in [1.54, 1.807) is 36.2 Å². The van der Waals surface area contributed by atoms with Gasteiger partial charge in [-0.2, -0.15) is 0 Å². The Kier molecular flexibility index (Phi) is 5.31. The van der Waals surface area contributed by atoms with Crippen LogP contribution in [0.5, 0.6) is 0 Å². The Morgan fingerprint density at radius 2 is 2.00 bits per heavy atom. The van der Waals surface area contributed by atoms with Crippen molar-refractivity contribution < 1.29 is 13.9 Å². The van der Waals surface area contributed by atoms with Crippen LogP contribution in [0.2, 0.25) is 0 Å². The zero-order chi connectivity index (χ0) is 23.1. The monoisotopic (exact) mass is 450 g/mol. The first-order valence-electron chi connectivity index (χ1n) is 10.6. The number of halogens is 1. The fourth-order valence-corrected chi connectivity index (χ4v) is 4.09. The summed E-state index contributed by atoms with van der Waals surface area (Å²) in [5.74, 6) is -0.337. The molecule has 3 heterocycles. The molecule has 0 radical (unpaired) electrons. The number of amides is 1. The molecule has 0 spiro atoms. The van der Waals surface area contributed by atoms with E-state index in [0.29, 0.717) is 42.0 Å². The SMILES string of the molecule is CN(C(=O)CN1CCOCC1)c1ccc2nc(-c3c(N)c4c(F)cccc4[nH]c3=O)[nH]c2c1. The second kappa shape index (κ2) is 8.30. The molecule has 1 aliphatic heterocycles. The van der Waals surface area contributed by atoms with Crippen LogP contribution in [0.1, 0.15) is 0 Å². The van der Waals surface area contributed by atoms with Crippen molar-refractivity contribution in [1.82, 2.24) is 19.9 Å². The maximum atomic E-state index is 14.4. The van der Waals surface area contributed by atoms with Gasteiger partial charge in [-0.3, -0.25) is 14.5 Å². The molecule has 1 saturated heterocycles. The number of anilines is 2. The number of carbonyl (C=O) groups is 1. The van der Waals surface area contributed by atoms with Crippen molar-refractivity contribution in [3.8, 4) is 11.4 Å². The summed E-state index contributed by atoms with van der Waals surface area (Å²) in [6, 6.07) is 9.72. The smallest absolute Gasteiger partial charge is 0.261 e. The number of likely N-dealkylation sites (N-methyl/N-ethyl adjacent to an activating group) is 1. The quantitative estimate of drug-likeness (QED) is 0.438. The fourth-order valence-electron chi connectivity index (χ4n) is 4.09. The van der Waals surface area contributed by atoms with E-state index < -0.39 is 11.4 Å². The Balaban J connectivity index is 1.48. The number of H-pyrrole nitrogens is 2. The number of hydrogen-bond acceptors (Lipinski definition) is 6. The fraction of sp³-hybridized carbons (Fsp3) is 0.261. The van der Waals surface area contributed by atoms with Gasteiger partial charge < -0.3 is 25.3 Å². The molecule has 0 atom stereocenters. The summed E-state index contributed by atoms with van der Waals surface area (Å²) in [4.78, 5) is 39.3. The average Bonchev–Trinajstić information content (AvgIpc) is 3.21. The largest absolute Gasteiger partial charge is 0.397 e. The summed E-state index contributed by atoms with van der Waals surface area (Å²) in [5, 5.41) is 0.140. The Bertz CT molecular complexity index is 1420. The highest BCUT2D eigenvalue weighted by Gasteiger charge is 2.20. The van der Waals surface area contributed by atoms with Gasteiger partial charge >= 0.3 is 0 Å².